The van der Waals surface area contributed by atoms with Crippen LogP contribution in [0.15, 0.2) is 35.9 Å². The smallest absolute Gasteiger partial charge is 0.123 e. The van der Waals surface area contributed by atoms with Gasteiger partial charge >= 0.3 is 0 Å². The second-order valence-electron chi connectivity index (χ2n) is 3.56. The number of halogens is 1. The van der Waals surface area contributed by atoms with Gasteiger partial charge in [0.1, 0.15) is 5.82 Å². The molecule has 0 aliphatic carbocycles. The van der Waals surface area contributed by atoms with Gasteiger partial charge in [-0.05, 0) is 36.3 Å². The number of rotatable bonds is 3. The van der Waals surface area contributed by atoms with E-state index in [9.17, 15) is 4.39 Å². The third-order valence-electron chi connectivity index (χ3n) is 2.35. The molecule has 0 bridgehead atoms. The van der Waals surface area contributed by atoms with Crippen LogP contribution in [0.5, 0.6) is 0 Å². The number of benzene rings is 1. The molecule has 0 saturated carbocycles. The van der Waals surface area contributed by atoms with E-state index < -0.39 is 0 Å². The molecule has 0 amide bonds. The molecule has 0 spiro atoms. The van der Waals surface area contributed by atoms with Crippen molar-refractivity contribution in [1.82, 2.24) is 0 Å². The third kappa shape index (κ3) is 3.06. The van der Waals surface area contributed by atoms with Crippen LogP contribution in [0.3, 0.4) is 0 Å². The van der Waals surface area contributed by atoms with E-state index in [1.54, 1.807) is 12.1 Å². The van der Waals surface area contributed by atoms with Gasteiger partial charge in [0.25, 0.3) is 0 Å². The fraction of sp³-hybridized carbons (Fsp3) is 0.333. The molecule has 80 valence electrons. The molecule has 1 heterocycles. The molecule has 0 unspecified atom stereocenters. The van der Waals surface area contributed by atoms with Gasteiger partial charge in [-0.2, -0.15) is 0 Å². The quantitative estimate of drug-likeness (QED) is 0.769. The molecule has 0 saturated heterocycles. The number of ether oxygens (including phenoxy) is 1. The van der Waals surface area contributed by atoms with Gasteiger partial charge in [0, 0.05) is 12.2 Å². The van der Waals surface area contributed by atoms with Crippen molar-refractivity contribution in [1.29, 1.82) is 0 Å². The Morgan fingerprint density at radius 2 is 2.07 bits per heavy atom. The summed E-state index contributed by atoms with van der Waals surface area (Å²) in [6.07, 6.45) is 3.18. The van der Waals surface area contributed by atoms with Crippen LogP contribution in [0.25, 0.3) is 0 Å². The highest BCUT2D eigenvalue weighted by molar-refractivity contribution is 5.44. The standard InChI is InChI=1S/C12H14FNO/c13-11-3-5-12(6-4-11)14-8-10-2-1-7-15-9-10/h2-6,14H,1,7-9H2. The predicted octanol–water partition coefficient (Wildman–Crippen LogP) is 2.58. The maximum absolute atomic E-state index is 12.6. The molecule has 0 radical (unpaired) electrons. The van der Waals surface area contributed by atoms with E-state index in [1.165, 1.54) is 17.7 Å². The summed E-state index contributed by atoms with van der Waals surface area (Å²) in [5.41, 5.74) is 2.19. The van der Waals surface area contributed by atoms with Gasteiger partial charge in [0.2, 0.25) is 0 Å². The van der Waals surface area contributed by atoms with Crippen LogP contribution >= 0.6 is 0 Å². The number of nitrogens with one attached hydrogen (secondary N) is 1. The summed E-state index contributed by atoms with van der Waals surface area (Å²) < 4.78 is 17.9. The molecule has 15 heavy (non-hydrogen) atoms. The summed E-state index contributed by atoms with van der Waals surface area (Å²) in [5.74, 6) is -0.208. The monoisotopic (exact) mass is 207 g/mol. The van der Waals surface area contributed by atoms with Crippen LogP contribution in [0.4, 0.5) is 10.1 Å². The van der Waals surface area contributed by atoms with Crippen molar-refractivity contribution < 1.29 is 9.13 Å². The van der Waals surface area contributed by atoms with E-state index in [-0.39, 0.29) is 5.82 Å². The molecule has 1 aliphatic heterocycles. The first-order valence-electron chi connectivity index (χ1n) is 5.10. The fourth-order valence-electron chi connectivity index (χ4n) is 1.52. The maximum Gasteiger partial charge on any atom is 0.123 e. The molecule has 2 rings (SSSR count). The molecule has 1 aromatic rings. The van der Waals surface area contributed by atoms with Crippen molar-refractivity contribution in [3.63, 3.8) is 0 Å². The lowest BCUT2D eigenvalue weighted by Gasteiger charge is -2.14. The highest BCUT2D eigenvalue weighted by Gasteiger charge is 2.02. The number of anilines is 1. The van der Waals surface area contributed by atoms with Crippen LogP contribution in [0.1, 0.15) is 6.42 Å². The molecule has 0 atom stereocenters. The minimum absolute atomic E-state index is 0.208. The molecule has 1 aliphatic rings. The summed E-state index contributed by atoms with van der Waals surface area (Å²) in [7, 11) is 0. The highest BCUT2D eigenvalue weighted by Crippen LogP contribution is 2.11. The second-order valence-corrected chi connectivity index (χ2v) is 3.56. The molecule has 1 N–H and O–H groups in total. The first kappa shape index (κ1) is 10.2. The van der Waals surface area contributed by atoms with Crippen LogP contribution in [0, 0.1) is 5.82 Å². The van der Waals surface area contributed by atoms with E-state index in [4.69, 9.17) is 4.74 Å². The van der Waals surface area contributed by atoms with Gasteiger partial charge < -0.3 is 10.1 Å². The van der Waals surface area contributed by atoms with Crippen LogP contribution in [-0.4, -0.2) is 19.8 Å². The van der Waals surface area contributed by atoms with Crippen LogP contribution in [-0.2, 0) is 4.74 Å². The van der Waals surface area contributed by atoms with Crippen molar-refractivity contribution in [2.75, 3.05) is 25.1 Å². The van der Waals surface area contributed by atoms with Gasteiger partial charge in [-0.15, -0.1) is 0 Å². The van der Waals surface area contributed by atoms with Crippen molar-refractivity contribution in [3.05, 3.63) is 41.7 Å². The SMILES string of the molecule is Fc1ccc(NCC2=CCCOC2)cc1. The average molecular weight is 207 g/mol. The van der Waals surface area contributed by atoms with Gasteiger partial charge in [-0.3, -0.25) is 0 Å². The summed E-state index contributed by atoms with van der Waals surface area (Å²) >= 11 is 0. The fourth-order valence-corrected chi connectivity index (χ4v) is 1.52. The van der Waals surface area contributed by atoms with Crippen molar-refractivity contribution in [2.45, 2.75) is 6.42 Å². The zero-order chi connectivity index (χ0) is 10.5. The normalized spacial score (nSPS) is 15.9. The zero-order valence-electron chi connectivity index (χ0n) is 8.50. The number of hydrogen-bond acceptors (Lipinski definition) is 2. The van der Waals surface area contributed by atoms with Crippen molar-refractivity contribution in [2.24, 2.45) is 0 Å². The van der Waals surface area contributed by atoms with Gasteiger partial charge in [-0.1, -0.05) is 6.08 Å². The number of hydrogen-bond donors (Lipinski definition) is 1. The second kappa shape index (κ2) is 4.94. The van der Waals surface area contributed by atoms with Gasteiger partial charge in [0.05, 0.1) is 13.2 Å². The first-order valence-corrected chi connectivity index (χ1v) is 5.10. The van der Waals surface area contributed by atoms with E-state index in [0.717, 1.165) is 25.3 Å². The Bertz CT molecular complexity index is 345. The first-order chi connectivity index (χ1) is 7.34. The maximum atomic E-state index is 12.6. The Morgan fingerprint density at radius 1 is 1.27 bits per heavy atom. The zero-order valence-corrected chi connectivity index (χ0v) is 8.50. The Balaban J connectivity index is 1.87. The summed E-state index contributed by atoms with van der Waals surface area (Å²) in [6, 6.07) is 6.38. The topological polar surface area (TPSA) is 21.3 Å². The van der Waals surface area contributed by atoms with Crippen molar-refractivity contribution >= 4 is 5.69 Å². The van der Waals surface area contributed by atoms with E-state index in [0.29, 0.717) is 6.61 Å². The van der Waals surface area contributed by atoms with E-state index >= 15 is 0 Å². The van der Waals surface area contributed by atoms with E-state index in [1.807, 2.05) is 0 Å². The molecule has 2 nitrogen and oxygen atoms in total. The van der Waals surface area contributed by atoms with Crippen molar-refractivity contribution in [3.8, 4) is 0 Å². The largest absolute Gasteiger partial charge is 0.381 e. The predicted molar refractivity (Wildman–Crippen MR) is 58.4 cm³/mol. The molecule has 0 fully saturated rings. The highest BCUT2D eigenvalue weighted by atomic mass is 19.1. The summed E-state index contributed by atoms with van der Waals surface area (Å²) in [4.78, 5) is 0. The third-order valence-corrected chi connectivity index (χ3v) is 2.35. The lowest BCUT2D eigenvalue weighted by Crippen LogP contribution is -2.13. The van der Waals surface area contributed by atoms with Gasteiger partial charge in [-0.25, -0.2) is 4.39 Å². The average Bonchev–Trinajstić information content (AvgIpc) is 2.30. The molecule has 1 aromatic carbocycles. The summed E-state index contributed by atoms with van der Waals surface area (Å²) in [5, 5.41) is 3.23. The molecular weight excluding hydrogens is 193 g/mol. The Hall–Kier alpha value is -1.35. The lowest BCUT2D eigenvalue weighted by atomic mass is 10.2. The van der Waals surface area contributed by atoms with E-state index in [2.05, 4.69) is 11.4 Å². The minimum atomic E-state index is -0.208. The molecule has 0 aromatic heterocycles. The summed E-state index contributed by atoms with van der Waals surface area (Å²) in [6.45, 7) is 2.29. The molecular formula is C12H14FNO. The Labute approximate surface area is 88.8 Å². The van der Waals surface area contributed by atoms with Crippen LogP contribution in [0.2, 0.25) is 0 Å². The Morgan fingerprint density at radius 3 is 2.73 bits per heavy atom. The lowest BCUT2D eigenvalue weighted by molar-refractivity contribution is 0.150. The Kier molecular flexibility index (Phi) is 3.35. The van der Waals surface area contributed by atoms with Gasteiger partial charge in [0.15, 0.2) is 0 Å². The molecule has 3 heteroatoms. The minimum Gasteiger partial charge on any atom is -0.381 e. The van der Waals surface area contributed by atoms with Crippen LogP contribution < -0.4 is 5.32 Å².